The zero-order valence-corrected chi connectivity index (χ0v) is 13.5. The highest BCUT2D eigenvalue weighted by Crippen LogP contribution is 2.24. The lowest BCUT2D eigenvalue weighted by molar-refractivity contribution is -0.137. The Morgan fingerprint density at radius 2 is 2.04 bits per heavy atom. The third-order valence-electron chi connectivity index (χ3n) is 3.17. The van der Waals surface area contributed by atoms with Gasteiger partial charge in [-0.2, -0.15) is 5.10 Å². The van der Waals surface area contributed by atoms with Crippen LogP contribution in [0, 0.1) is 0 Å². The molecule has 118 valence electrons. The van der Waals surface area contributed by atoms with E-state index in [0.29, 0.717) is 0 Å². The zero-order valence-electron chi connectivity index (χ0n) is 11.9. The number of nitrogens with one attached hydrogen (secondary N) is 2. The second-order valence-corrected chi connectivity index (χ2v) is 6.71. The Labute approximate surface area is 139 Å². The topological polar surface area (TPSA) is 95.1 Å². The number of carboxylic acid groups (broad SMARTS) is 1. The number of carboxylic acids is 1. The molecule has 8 heteroatoms. The molecule has 3 aromatic rings. The normalized spacial score (nSPS) is 12.0. The van der Waals surface area contributed by atoms with E-state index >= 15 is 0 Å². The van der Waals surface area contributed by atoms with Crippen molar-refractivity contribution in [1.82, 2.24) is 15.5 Å². The molecule has 23 heavy (non-hydrogen) atoms. The smallest absolute Gasteiger partial charge is 0.305 e. The molecule has 3 rings (SSSR count). The van der Waals surface area contributed by atoms with Gasteiger partial charge in [-0.15, -0.1) is 22.7 Å². The predicted octanol–water partition coefficient (Wildman–Crippen LogP) is 3.15. The Bertz CT molecular complexity index is 794. The quantitative estimate of drug-likeness (QED) is 0.638. The van der Waals surface area contributed by atoms with Crippen LogP contribution in [0.15, 0.2) is 41.1 Å². The van der Waals surface area contributed by atoms with Gasteiger partial charge in [-0.1, -0.05) is 12.1 Å². The summed E-state index contributed by atoms with van der Waals surface area (Å²) >= 11 is 2.95. The number of carbonyl (C=O) groups is 2. The van der Waals surface area contributed by atoms with Crippen molar-refractivity contribution in [2.45, 2.75) is 12.5 Å². The molecule has 0 aromatic carbocycles. The van der Waals surface area contributed by atoms with Crippen molar-refractivity contribution in [3.8, 4) is 10.6 Å². The van der Waals surface area contributed by atoms with Crippen LogP contribution in [0.25, 0.3) is 10.6 Å². The number of aromatic amines is 1. The first-order valence-electron chi connectivity index (χ1n) is 6.79. The molecular weight excluding hydrogens is 334 g/mol. The SMILES string of the molecule is O=C(O)CC(NC(=O)c1cc(-c2cccs2)[nH]n1)c1cccs1. The Kier molecular flexibility index (Phi) is 4.54. The third kappa shape index (κ3) is 3.66. The summed E-state index contributed by atoms with van der Waals surface area (Å²) in [6, 6.07) is 8.57. The fourth-order valence-corrected chi connectivity index (χ4v) is 3.59. The molecule has 0 saturated carbocycles. The first-order chi connectivity index (χ1) is 11.1. The highest BCUT2D eigenvalue weighted by molar-refractivity contribution is 7.13. The molecule has 1 unspecified atom stereocenters. The first kappa shape index (κ1) is 15.4. The van der Waals surface area contributed by atoms with Crippen molar-refractivity contribution in [2.75, 3.05) is 0 Å². The van der Waals surface area contributed by atoms with E-state index in [1.54, 1.807) is 23.5 Å². The number of thiophene rings is 2. The van der Waals surface area contributed by atoms with Gasteiger partial charge in [0.2, 0.25) is 0 Å². The van der Waals surface area contributed by atoms with Crippen LogP contribution < -0.4 is 5.32 Å². The highest BCUT2D eigenvalue weighted by atomic mass is 32.1. The maximum atomic E-state index is 12.3. The standard InChI is InChI=1S/C15H13N3O3S2/c19-14(20)8-9(12-3-1-5-22-12)16-15(21)11-7-10(17-18-11)13-4-2-6-23-13/h1-7,9H,8H2,(H,16,21)(H,17,18)(H,19,20). The van der Waals surface area contributed by atoms with Gasteiger partial charge in [-0.05, 0) is 29.0 Å². The summed E-state index contributed by atoms with van der Waals surface area (Å²) < 4.78 is 0. The lowest BCUT2D eigenvalue weighted by Gasteiger charge is -2.14. The molecule has 0 aliphatic rings. The van der Waals surface area contributed by atoms with Gasteiger partial charge in [0.05, 0.1) is 23.0 Å². The molecule has 0 aliphatic heterocycles. The van der Waals surface area contributed by atoms with Gasteiger partial charge in [-0.3, -0.25) is 14.7 Å². The second-order valence-electron chi connectivity index (χ2n) is 4.78. The van der Waals surface area contributed by atoms with Gasteiger partial charge in [0.1, 0.15) is 0 Å². The number of hydrogen-bond donors (Lipinski definition) is 3. The molecule has 6 nitrogen and oxygen atoms in total. The van der Waals surface area contributed by atoms with Gasteiger partial charge < -0.3 is 10.4 Å². The van der Waals surface area contributed by atoms with E-state index in [0.717, 1.165) is 15.4 Å². The van der Waals surface area contributed by atoms with Crippen LogP contribution in [0.4, 0.5) is 0 Å². The van der Waals surface area contributed by atoms with E-state index in [2.05, 4.69) is 15.5 Å². The van der Waals surface area contributed by atoms with Crippen molar-refractivity contribution in [3.63, 3.8) is 0 Å². The molecule has 0 radical (unpaired) electrons. The third-order valence-corrected chi connectivity index (χ3v) is 5.06. The molecule has 0 spiro atoms. The summed E-state index contributed by atoms with van der Waals surface area (Å²) in [5.41, 5.74) is 0.997. The molecular formula is C15H13N3O3S2. The van der Waals surface area contributed by atoms with E-state index in [-0.39, 0.29) is 12.1 Å². The molecule has 0 bridgehead atoms. The minimum absolute atomic E-state index is 0.172. The van der Waals surface area contributed by atoms with Gasteiger partial charge in [-0.25, -0.2) is 0 Å². The Morgan fingerprint density at radius 1 is 1.26 bits per heavy atom. The Hall–Kier alpha value is -2.45. The maximum absolute atomic E-state index is 12.3. The van der Waals surface area contributed by atoms with Crippen LogP contribution in [-0.2, 0) is 4.79 Å². The number of amides is 1. The lowest BCUT2D eigenvalue weighted by atomic mass is 10.1. The van der Waals surface area contributed by atoms with Crippen molar-refractivity contribution in [3.05, 3.63) is 51.7 Å². The van der Waals surface area contributed by atoms with Crippen molar-refractivity contribution in [1.29, 1.82) is 0 Å². The van der Waals surface area contributed by atoms with Crippen molar-refractivity contribution >= 4 is 34.6 Å². The molecule has 3 aromatic heterocycles. The van der Waals surface area contributed by atoms with E-state index in [9.17, 15) is 9.59 Å². The number of aromatic nitrogens is 2. The molecule has 3 N–H and O–H groups in total. The van der Waals surface area contributed by atoms with Crippen molar-refractivity contribution in [2.24, 2.45) is 0 Å². The number of H-pyrrole nitrogens is 1. The highest BCUT2D eigenvalue weighted by Gasteiger charge is 2.21. The van der Waals surface area contributed by atoms with Gasteiger partial charge in [0.25, 0.3) is 5.91 Å². The summed E-state index contributed by atoms with van der Waals surface area (Å²) in [6.45, 7) is 0. The average Bonchev–Trinajstić information content (AvgIpc) is 3.25. The van der Waals surface area contributed by atoms with Crippen LogP contribution in [0.2, 0.25) is 0 Å². The van der Waals surface area contributed by atoms with E-state index in [1.807, 2.05) is 29.0 Å². The minimum Gasteiger partial charge on any atom is -0.481 e. The van der Waals surface area contributed by atoms with Gasteiger partial charge >= 0.3 is 5.97 Å². The van der Waals surface area contributed by atoms with E-state index in [1.165, 1.54) is 11.3 Å². The molecule has 1 amide bonds. The summed E-state index contributed by atoms with van der Waals surface area (Å²) in [6.07, 6.45) is -0.172. The van der Waals surface area contributed by atoms with Crippen LogP contribution in [0.5, 0.6) is 0 Å². The van der Waals surface area contributed by atoms with Gasteiger partial charge in [0, 0.05) is 4.88 Å². The van der Waals surface area contributed by atoms with E-state index in [4.69, 9.17) is 5.11 Å². The molecule has 3 heterocycles. The summed E-state index contributed by atoms with van der Waals surface area (Å²) in [7, 11) is 0. The maximum Gasteiger partial charge on any atom is 0.305 e. The van der Waals surface area contributed by atoms with Crippen LogP contribution >= 0.6 is 22.7 Å². The number of aliphatic carboxylic acids is 1. The second kappa shape index (κ2) is 6.76. The summed E-state index contributed by atoms with van der Waals surface area (Å²) in [5, 5.41) is 22.4. The van der Waals surface area contributed by atoms with Crippen LogP contribution in [-0.4, -0.2) is 27.2 Å². The number of carbonyl (C=O) groups excluding carboxylic acids is 1. The fraction of sp³-hybridized carbons (Fsp3) is 0.133. The number of hydrogen-bond acceptors (Lipinski definition) is 5. The molecule has 0 saturated heterocycles. The Balaban J connectivity index is 1.75. The van der Waals surface area contributed by atoms with Crippen molar-refractivity contribution < 1.29 is 14.7 Å². The number of nitrogens with zero attached hydrogens (tertiary/aromatic N) is 1. The molecule has 0 aliphatic carbocycles. The van der Waals surface area contributed by atoms with Crippen LogP contribution in [0.1, 0.15) is 27.8 Å². The minimum atomic E-state index is -0.968. The molecule has 1 atom stereocenters. The Morgan fingerprint density at radius 3 is 2.70 bits per heavy atom. The average molecular weight is 347 g/mol. The predicted molar refractivity (Wildman–Crippen MR) is 88.7 cm³/mol. The first-order valence-corrected chi connectivity index (χ1v) is 8.55. The largest absolute Gasteiger partial charge is 0.481 e. The monoisotopic (exact) mass is 347 g/mol. The zero-order chi connectivity index (χ0) is 16.2. The van der Waals surface area contributed by atoms with Crippen LogP contribution in [0.3, 0.4) is 0 Å². The molecule has 0 fully saturated rings. The lowest BCUT2D eigenvalue weighted by Crippen LogP contribution is -2.29. The number of rotatable bonds is 6. The summed E-state index contributed by atoms with van der Waals surface area (Å²) in [4.78, 5) is 25.1. The fourth-order valence-electron chi connectivity index (χ4n) is 2.12. The summed E-state index contributed by atoms with van der Waals surface area (Å²) in [5.74, 6) is -1.37. The van der Waals surface area contributed by atoms with E-state index < -0.39 is 17.9 Å². The van der Waals surface area contributed by atoms with Gasteiger partial charge in [0.15, 0.2) is 5.69 Å².